The van der Waals surface area contributed by atoms with Crippen LogP contribution in [0.5, 0.6) is 0 Å². The molecule has 132 valence electrons. The minimum absolute atomic E-state index is 0.0204. The van der Waals surface area contributed by atoms with Crippen LogP contribution in [-0.4, -0.2) is 59.8 Å². The van der Waals surface area contributed by atoms with E-state index in [1.54, 1.807) is 0 Å². The molecule has 0 saturated heterocycles. The van der Waals surface area contributed by atoms with Crippen molar-refractivity contribution in [2.75, 3.05) is 18.9 Å². The molecule has 0 aliphatic heterocycles. The van der Waals surface area contributed by atoms with Gasteiger partial charge in [-0.25, -0.2) is 0 Å². The minimum Gasteiger partial charge on any atom is -0.480 e. The van der Waals surface area contributed by atoms with Crippen LogP contribution in [0, 0.1) is 0 Å². The second-order valence-corrected chi connectivity index (χ2v) is 5.09. The minimum atomic E-state index is -1.20. The highest BCUT2D eigenvalue weighted by Crippen LogP contribution is 1.97. The molecule has 0 aliphatic rings. The molecular weight excluding hydrogens is 326 g/mol. The highest BCUT2D eigenvalue weighted by atomic mass is 32.1. The Kier molecular flexibility index (Phi) is 10.8. The monoisotopic (exact) mass is 349 g/mol. The summed E-state index contributed by atoms with van der Waals surface area (Å²) in [6.45, 7) is 1.81. The summed E-state index contributed by atoms with van der Waals surface area (Å²) in [6, 6.07) is -2.08. The van der Waals surface area contributed by atoms with Gasteiger partial charge < -0.3 is 26.2 Å². The lowest BCUT2D eigenvalue weighted by atomic mass is 10.1. The van der Waals surface area contributed by atoms with E-state index >= 15 is 0 Å². The number of amides is 2. The molecular formula is C13H23N3O6S. The molecule has 0 heterocycles. The zero-order chi connectivity index (χ0) is 17.8. The van der Waals surface area contributed by atoms with Crippen LogP contribution in [0.15, 0.2) is 0 Å². The number of carboxylic acid groups (broad SMARTS) is 1. The van der Waals surface area contributed by atoms with Crippen molar-refractivity contribution in [2.24, 2.45) is 5.73 Å². The number of nitrogens with one attached hydrogen (secondary N) is 2. The number of rotatable bonds is 11. The Morgan fingerprint density at radius 3 is 2.48 bits per heavy atom. The van der Waals surface area contributed by atoms with Crippen LogP contribution >= 0.6 is 12.6 Å². The van der Waals surface area contributed by atoms with Crippen molar-refractivity contribution in [1.29, 1.82) is 0 Å². The fourth-order valence-corrected chi connectivity index (χ4v) is 1.68. The Labute approximate surface area is 139 Å². The fraction of sp³-hybridized carbons (Fsp3) is 0.692. The number of carbonyl (C=O) groups excluding carboxylic acids is 3. The van der Waals surface area contributed by atoms with Crippen LogP contribution in [0.4, 0.5) is 0 Å². The Hall–Kier alpha value is -1.81. The summed E-state index contributed by atoms with van der Waals surface area (Å²) in [4.78, 5) is 45.3. The van der Waals surface area contributed by atoms with E-state index in [0.717, 1.165) is 0 Å². The number of carbonyl (C=O) groups is 4. The van der Waals surface area contributed by atoms with Gasteiger partial charge in [0, 0.05) is 12.2 Å². The van der Waals surface area contributed by atoms with Gasteiger partial charge >= 0.3 is 11.9 Å². The molecule has 0 aliphatic carbocycles. The van der Waals surface area contributed by atoms with Crippen molar-refractivity contribution in [1.82, 2.24) is 10.6 Å². The fourth-order valence-electron chi connectivity index (χ4n) is 1.42. The van der Waals surface area contributed by atoms with Crippen molar-refractivity contribution in [2.45, 2.75) is 38.3 Å². The molecule has 2 amide bonds. The molecule has 9 nitrogen and oxygen atoms in total. The third kappa shape index (κ3) is 9.74. The van der Waals surface area contributed by atoms with E-state index in [0.29, 0.717) is 6.42 Å². The Morgan fingerprint density at radius 1 is 1.30 bits per heavy atom. The number of ether oxygens (including phenoxy) is 1. The number of carboxylic acids is 1. The smallest absolute Gasteiger partial charge is 0.325 e. The van der Waals surface area contributed by atoms with E-state index < -0.39 is 35.8 Å². The topological polar surface area (TPSA) is 148 Å². The van der Waals surface area contributed by atoms with Gasteiger partial charge in [0.1, 0.15) is 18.6 Å². The second-order valence-electron chi connectivity index (χ2n) is 4.72. The standard InChI is InChI=1S/C13H23N3O6S/c1-2-5-22-11(18)6-15-12(19)9(7-23)16-10(17)4-3-8(14)13(20)21/h8-9,23H,2-7,14H2,1H3,(H,15,19)(H,16,17)(H,20,21)/t8-,9-/m0/s1. The Balaban J connectivity index is 4.21. The SMILES string of the molecule is CCCOC(=O)CNC(=O)[C@H](CS)NC(=O)CC[C@H](N)C(=O)O. The molecule has 23 heavy (non-hydrogen) atoms. The molecule has 0 fully saturated rings. The van der Waals surface area contributed by atoms with Crippen LogP contribution in [0.25, 0.3) is 0 Å². The molecule has 0 radical (unpaired) electrons. The van der Waals surface area contributed by atoms with Crippen molar-refractivity contribution < 1.29 is 29.0 Å². The molecule has 0 aromatic rings. The summed E-state index contributed by atoms with van der Waals surface area (Å²) in [6.07, 6.45) is 0.489. The first-order valence-corrected chi connectivity index (χ1v) is 7.77. The largest absolute Gasteiger partial charge is 0.480 e. The van der Waals surface area contributed by atoms with Gasteiger partial charge in [0.05, 0.1) is 6.61 Å². The summed E-state index contributed by atoms with van der Waals surface area (Å²) in [7, 11) is 0. The molecule has 5 N–H and O–H groups in total. The Morgan fingerprint density at radius 2 is 1.96 bits per heavy atom. The second kappa shape index (κ2) is 11.7. The maximum absolute atomic E-state index is 11.8. The molecule has 0 aromatic carbocycles. The Bertz CT molecular complexity index is 432. The van der Waals surface area contributed by atoms with Gasteiger partial charge in [-0.1, -0.05) is 6.92 Å². The molecule has 10 heteroatoms. The van der Waals surface area contributed by atoms with Gasteiger partial charge in [0.15, 0.2) is 0 Å². The van der Waals surface area contributed by atoms with Crippen molar-refractivity contribution in [3.05, 3.63) is 0 Å². The van der Waals surface area contributed by atoms with Crippen LogP contribution in [0.1, 0.15) is 26.2 Å². The third-order valence-electron chi connectivity index (χ3n) is 2.71. The number of thiol groups is 1. The number of nitrogens with two attached hydrogens (primary N) is 1. The van der Waals surface area contributed by atoms with E-state index in [1.165, 1.54) is 0 Å². The molecule has 0 aromatic heterocycles. The lowest BCUT2D eigenvalue weighted by molar-refractivity contribution is -0.144. The highest BCUT2D eigenvalue weighted by Gasteiger charge is 2.21. The van der Waals surface area contributed by atoms with E-state index in [-0.39, 0.29) is 31.7 Å². The molecule has 0 spiro atoms. The molecule has 0 unspecified atom stereocenters. The molecule has 0 bridgehead atoms. The molecule has 0 rings (SSSR count). The quantitative estimate of drug-likeness (QED) is 0.229. The molecule has 0 saturated carbocycles. The van der Waals surface area contributed by atoms with Gasteiger partial charge in [-0.2, -0.15) is 12.6 Å². The normalized spacial score (nSPS) is 12.8. The maximum Gasteiger partial charge on any atom is 0.325 e. The van der Waals surface area contributed by atoms with Crippen LogP contribution < -0.4 is 16.4 Å². The first kappa shape index (κ1) is 21.2. The summed E-state index contributed by atoms with van der Waals surface area (Å²) in [5, 5.41) is 13.4. The first-order chi connectivity index (χ1) is 10.8. The predicted molar refractivity (Wildman–Crippen MR) is 84.9 cm³/mol. The van der Waals surface area contributed by atoms with E-state index in [2.05, 4.69) is 23.3 Å². The van der Waals surface area contributed by atoms with E-state index in [9.17, 15) is 19.2 Å². The van der Waals surface area contributed by atoms with Crippen molar-refractivity contribution in [3.63, 3.8) is 0 Å². The number of hydrogen-bond donors (Lipinski definition) is 5. The summed E-state index contributed by atoms with van der Waals surface area (Å²) < 4.78 is 4.79. The van der Waals surface area contributed by atoms with Gasteiger partial charge in [-0.15, -0.1) is 0 Å². The summed E-state index contributed by atoms with van der Waals surface area (Å²) in [5.41, 5.74) is 5.28. The number of aliphatic carboxylic acids is 1. The van der Waals surface area contributed by atoms with Crippen LogP contribution in [-0.2, 0) is 23.9 Å². The number of hydrogen-bond acceptors (Lipinski definition) is 7. The summed E-state index contributed by atoms with van der Waals surface area (Å²) >= 11 is 3.96. The lowest BCUT2D eigenvalue weighted by Crippen LogP contribution is -2.49. The van der Waals surface area contributed by atoms with Gasteiger partial charge in [-0.05, 0) is 12.8 Å². The zero-order valence-corrected chi connectivity index (χ0v) is 13.8. The van der Waals surface area contributed by atoms with Crippen LogP contribution in [0.2, 0.25) is 0 Å². The van der Waals surface area contributed by atoms with Crippen molar-refractivity contribution in [3.8, 4) is 0 Å². The third-order valence-corrected chi connectivity index (χ3v) is 3.07. The highest BCUT2D eigenvalue weighted by molar-refractivity contribution is 7.80. The number of esters is 1. The maximum atomic E-state index is 11.8. The first-order valence-electron chi connectivity index (χ1n) is 7.13. The van der Waals surface area contributed by atoms with Gasteiger partial charge in [-0.3, -0.25) is 19.2 Å². The van der Waals surface area contributed by atoms with E-state index in [1.807, 2.05) is 6.92 Å². The average molecular weight is 349 g/mol. The van der Waals surface area contributed by atoms with Crippen LogP contribution in [0.3, 0.4) is 0 Å². The van der Waals surface area contributed by atoms with Crippen molar-refractivity contribution >= 4 is 36.4 Å². The summed E-state index contributed by atoms with van der Waals surface area (Å²) in [5.74, 6) is -2.86. The van der Waals surface area contributed by atoms with Gasteiger partial charge in [0.2, 0.25) is 11.8 Å². The molecule has 2 atom stereocenters. The zero-order valence-electron chi connectivity index (χ0n) is 12.9. The van der Waals surface area contributed by atoms with Gasteiger partial charge in [0.25, 0.3) is 0 Å². The van der Waals surface area contributed by atoms with E-state index in [4.69, 9.17) is 15.6 Å². The average Bonchev–Trinajstić information content (AvgIpc) is 2.52. The lowest BCUT2D eigenvalue weighted by Gasteiger charge is -2.16. The predicted octanol–water partition coefficient (Wildman–Crippen LogP) is -1.34.